The van der Waals surface area contributed by atoms with Crippen molar-refractivity contribution in [3.8, 4) is 5.75 Å². The predicted octanol–water partition coefficient (Wildman–Crippen LogP) is 1.19. The Kier molecular flexibility index (Phi) is 6.40. The lowest BCUT2D eigenvalue weighted by Crippen LogP contribution is -2.50. The van der Waals surface area contributed by atoms with Crippen LogP contribution in [-0.2, 0) is 4.79 Å². The summed E-state index contributed by atoms with van der Waals surface area (Å²) in [4.78, 5) is 26.5. The second-order valence-electron chi connectivity index (χ2n) is 5.68. The Labute approximate surface area is 136 Å². The van der Waals surface area contributed by atoms with E-state index in [-0.39, 0.29) is 5.91 Å². The van der Waals surface area contributed by atoms with Gasteiger partial charge in [0.05, 0.1) is 13.7 Å². The minimum absolute atomic E-state index is 0.217. The van der Waals surface area contributed by atoms with Crippen LogP contribution >= 0.6 is 0 Å². The van der Waals surface area contributed by atoms with E-state index in [9.17, 15) is 14.7 Å². The van der Waals surface area contributed by atoms with E-state index in [4.69, 9.17) is 4.74 Å². The average Bonchev–Trinajstić information content (AvgIpc) is 2.88. The maximum atomic E-state index is 12.5. The number of hydrogen-bond acceptors (Lipinski definition) is 4. The quantitative estimate of drug-likeness (QED) is 0.854. The molecule has 0 bridgehead atoms. The van der Waals surface area contributed by atoms with Crippen molar-refractivity contribution in [2.45, 2.75) is 31.7 Å². The first kappa shape index (κ1) is 17.3. The van der Waals surface area contributed by atoms with Crippen LogP contribution in [0.25, 0.3) is 0 Å². The molecule has 1 atom stereocenters. The second-order valence-corrected chi connectivity index (χ2v) is 5.68. The van der Waals surface area contributed by atoms with Crippen molar-refractivity contribution in [3.05, 3.63) is 29.8 Å². The van der Waals surface area contributed by atoms with E-state index < -0.39 is 18.6 Å². The van der Waals surface area contributed by atoms with Crippen LogP contribution in [0.15, 0.2) is 24.3 Å². The molecule has 1 aromatic rings. The van der Waals surface area contributed by atoms with Crippen LogP contribution in [0, 0.1) is 0 Å². The lowest BCUT2D eigenvalue weighted by molar-refractivity contribution is -0.134. The smallest absolute Gasteiger partial charge is 0.252 e. The van der Waals surface area contributed by atoms with Gasteiger partial charge < -0.3 is 20.1 Å². The number of methoxy groups -OCH3 is 1. The molecule has 0 aromatic heterocycles. The van der Waals surface area contributed by atoms with Crippen molar-refractivity contribution < 1.29 is 19.4 Å². The van der Waals surface area contributed by atoms with Crippen LogP contribution in [0.4, 0.5) is 0 Å². The summed E-state index contributed by atoms with van der Waals surface area (Å²) in [5.41, 5.74) is 0.395. The fraction of sp³-hybridized carbons (Fsp3) is 0.529. The van der Waals surface area contributed by atoms with Crippen molar-refractivity contribution in [1.29, 1.82) is 0 Å². The molecule has 1 saturated heterocycles. The molecule has 126 valence electrons. The first-order valence-corrected chi connectivity index (χ1v) is 8.00. The maximum absolute atomic E-state index is 12.5. The summed E-state index contributed by atoms with van der Waals surface area (Å²) in [7, 11) is 1.52. The molecule has 0 radical (unpaired) electrons. The number of aliphatic hydroxyl groups excluding tert-OH is 1. The summed E-state index contributed by atoms with van der Waals surface area (Å²) in [6.45, 7) is 0.958. The highest BCUT2D eigenvalue weighted by Crippen LogP contribution is 2.13. The molecule has 1 aromatic carbocycles. The Morgan fingerprint density at radius 2 is 1.96 bits per heavy atom. The number of nitrogens with zero attached hydrogens (tertiary/aromatic N) is 1. The topological polar surface area (TPSA) is 78.9 Å². The number of ether oxygens (including phenoxy) is 1. The largest absolute Gasteiger partial charge is 0.497 e. The fourth-order valence-corrected chi connectivity index (χ4v) is 2.70. The van der Waals surface area contributed by atoms with E-state index in [1.165, 1.54) is 7.11 Å². The molecule has 0 aliphatic carbocycles. The fourth-order valence-electron chi connectivity index (χ4n) is 2.70. The molecule has 1 aliphatic heterocycles. The first-order chi connectivity index (χ1) is 11.2. The number of carbonyl (C=O) groups is 2. The van der Waals surface area contributed by atoms with Gasteiger partial charge in [-0.3, -0.25) is 9.59 Å². The molecular formula is C17H24N2O4. The van der Waals surface area contributed by atoms with E-state index in [1.807, 2.05) is 0 Å². The van der Waals surface area contributed by atoms with Crippen molar-refractivity contribution >= 4 is 11.8 Å². The highest BCUT2D eigenvalue weighted by Gasteiger charge is 2.26. The van der Waals surface area contributed by atoms with Crippen LogP contribution in [0.5, 0.6) is 5.75 Å². The van der Waals surface area contributed by atoms with Gasteiger partial charge in [-0.2, -0.15) is 0 Å². The molecule has 6 heteroatoms. The number of amides is 2. The third kappa shape index (κ3) is 4.69. The van der Waals surface area contributed by atoms with Gasteiger partial charge in [0, 0.05) is 18.7 Å². The van der Waals surface area contributed by atoms with Crippen LogP contribution in [0.1, 0.15) is 36.0 Å². The summed E-state index contributed by atoms with van der Waals surface area (Å²) in [6.07, 6.45) is 4.16. The van der Waals surface area contributed by atoms with Gasteiger partial charge in [-0.15, -0.1) is 0 Å². The summed E-state index contributed by atoms with van der Waals surface area (Å²) in [5.74, 6) is -0.0474. The molecule has 0 spiro atoms. The number of likely N-dealkylation sites (tertiary alicyclic amines) is 1. The van der Waals surface area contributed by atoms with Crippen molar-refractivity contribution in [2.24, 2.45) is 0 Å². The molecule has 1 heterocycles. The van der Waals surface area contributed by atoms with Crippen LogP contribution in [-0.4, -0.2) is 54.7 Å². The van der Waals surface area contributed by atoms with Gasteiger partial charge in [-0.05, 0) is 31.0 Å². The molecule has 2 rings (SSSR count). The molecule has 23 heavy (non-hydrogen) atoms. The van der Waals surface area contributed by atoms with Crippen LogP contribution in [0.2, 0.25) is 0 Å². The summed E-state index contributed by atoms with van der Waals surface area (Å²) >= 11 is 0. The van der Waals surface area contributed by atoms with Crippen molar-refractivity contribution in [2.75, 3.05) is 26.8 Å². The zero-order chi connectivity index (χ0) is 16.7. The van der Waals surface area contributed by atoms with E-state index in [2.05, 4.69) is 5.32 Å². The van der Waals surface area contributed by atoms with E-state index >= 15 is 0 Å². The van der Waals surface area contributed by atoms with E-state index in [0.717, 1.165) is 25.7 Å². The van der Waals surface area contributed by atoms with E-state index in [1.54, 1.807) is 29.2 Å². The standard InChI is InChI=1S/C17H24N2O4/c1-23-14-8-6-7-13(11-14)16(21)18-15(12-20)17(22)19-9-4-2-3-5-10-19/h6-8,11,15,20H,2-5,9-10,12H2,1H3,(H,18,21)/t15-/m0/s1. The Morgan fingerprint density at radius 1 is 1.26 bits per heavy atom. The molecule has 2 N–H and O–H groups in total. The minimum atomic E-state index is -0.910. The predicted molar refractivity (Wildman–Crippen MR) is 86.4 cm³/mol. The van der Waals surface area contributed by atoms with Crippen molar-refractivity contribution in [1.82, 2.24) is 10.2 Å². The summed E-state index contributed by atoms with van der Waals surface area (Å²) in [6, 6.07) is 5.77. The molecular weight excluding hydrogens is 296 g/mol. The van der Waals surface area contributed by atoms with Gasteiger partial charge in [0.25, 0.3) is 5.91 Å². The van der Waals surface area contributed by atoms with Gasteiger partial charge in [0.1, 0.15) is 11.8 Å². The Bertz CT molecular complexity index is 539. The minimum Gasteiger partial charge on any atom is -0.497 e. The highest BCUT2D eigenvalue weighted by atomic mass is 16.5. The number of hydrogen-bond donors (Lipinski definition) is 2. The molecule has 1 aliphatic rings. The zero-order valence-corrected chi connectivity index (χ0v) is 13.5. The summed E-state index contributed by atoms with van der Waals surface area (Å²) in [5, 5.41) is 12.1. The lowest BCUT2D eigenvalue weighted by Gasteiger charge is -2.25. The van der Waals surface area contributed by atoms with Gasteiger partial charge >= 0.3 is 0 Å². The van der Waals surface area contributed by atoms with Crippen molar-refractivity contribution in [3.63, 3.8) is 0 Å². The third-order valence-corrected chi connectivity index (χ3v) is 4.04. The third-order valence-electron chi connectivity index (χ3n) is 4.04. The monoisotopic (exact) mass is 320 g/mol. The Morgan fingerprint density at radius 3 is 2.57 bits per heavy atom. The summed E-state index contributed by atoms with van der Waals surface area (Å²) < 4.78 is 5.09. The number of aliphatic hydroxyl groups is 1. The van der Waals surface area contributed by atoms with Gasteiger partial charge in [0.15, 0.2) is 0 Å². The first-order valence-electron chi connectivity index (χ1n) is 8.00. The number of benzene rings is 1. The molecule has 0 saturated carbocycles. The molecule has 1 fully saturated rings. The van der Waals surface area contributed by atoms with Crippen LogP contribution < -0.4 is 10.1 Å². The molecule has 2 amide bonds. The lowest BCUT2D eigenvalue weighted by atomic mass is 10.1. The van der Waals surface area contributed by atoms with Crippen LogP contribution in [0.3, 0.4) is 0 Å². The Hall–Kier alpha value is -2.08. The van der Waals surface area contributed by atoms with Gasteiger partial charge in [-0.25, -0.2) is 0 Å². The maximum Gasteiger partial charge on any atom is 0.252 e. The zero-order valence-electron chi connectivity index (χ0n) is 13.5. The SMILES string of the molecule is COc1cccc(C(=O)N[C@@H](CO)C(=O)N2CCCCCC2)c1. The highest BCUT2D eigenvalue weighted by molar-refractivity contribution is 5.97. The Balaban J connectivity index is 2.02. The second kappa shape index (κ2) is 8.53. The number of nitrogens with one attached hydrogen (secondary N) is 1. The van der Waals surface area contributed by atoms with Gasteiger partial charge in [-0.1, -0.05) is 18.9 Å². The number of carbonyl (C=O) groups excluding carboxylic acids is 2. The average molecular weight is 320 g/mol. The normalized spacial score (nSPS) is 16.3. The number of rotatable bonds is 5. The molecule has 0 unspecified atom stereocenters. The van der Waals surface area contributed by atoms with E-state index in [0.29, 0.717) is 24.4 Å². The molecule has 6 nitrogen and oxygen atoms in total. The van der Waals surface area contributed by atoms with Gasteiger partial charge in [0.2, 0.25) is 5.91 Å².